The van der Waals surface area contributed by atoms with E-state index in [1.54, 1.807) is 0 Å². The molecule has 1 saturated heterocycles. The van der Waals surface area contributed by atoms with E-state index in [2.05, 4.69) is 4.90 Å². The Bertz CT molecular complexity index is 646. The first-order valence-corrected chi connectivity index (χ1v) is 12.5. The number of ether oxygens (including phenoxy) is 1. The minimum Gasteiger partial charge on any atom is -0.473 e. The summed E-state index contributed by atoms with van der Waals surface area (Å²) in [6.45, 7) is 4.85. The lowest BCUT2D eigenvalue weighted by Crippen LogP contribution is -2.41. The van der Waals surface area contributed by atoms with Crippen LogP contribution in [0.4, 0.5) is 0 Å². The average molecular weight is 450 g/mol. The Morgan fingerprint density at radius 1 is 0.967 bits per heavy atom. The molecule has 10 heteroatoms. The number of carbonyl (C=O) groups is 3. The maximum absolute atomic E-state index is 12.5. The van der Waals surface area contributed by atoms with Crippen LogP contribution in [0.1, 0.15) is 71.1 Å². The van der Waals surface area contributed by atoms with E-state index in [0.717, 1.165) is 38.9 Å². The monoisotopic (exact) mass is 449 g/mol. The largest absolute Gasteiger partial charge is 0.473 e. The number of likely N-dealkylation sites (tertiary alicyclic amines) is 1. The van der Waals surface area contributed by atoms with Crippen molar-refractivity contribution < 1.29 is 37.8 Å². The van der Waals surface area contributed by atoms with Gasteiger partial charge in [0.2, 0.25) is 0 Å². The predicted octanol–water partition coefficient (Wildman–Crippen LogP) is 2.09. The second kappa shape index (κ2) is 13.6. The van der Waals surface area contributed by atoms with E-state index in [4.69, 9.17) is 24.5 Å². The molecule has 2 atom stereocenters. The summed E-state index contributed by atoms with van der Waals surface area (Å²) in [7, 11) is -3.16. The number of unbranched alkanes of at least 4 members (excludes halogenated alkanes) is 1. The summed E-state index contributed by atoms with van der Waals surface area (Å²) in [6, 6.07) is 0. The minimum atomic E-state index is -3.16. The Balaban J connectivity index is 0.000000656. The Morgan fingerprint density at radius 3 is 2.13 bits per heavy atom. The average Bonchev–Trinajstić information content (AvgIpc) is 2.72. The van der Waals surface area contributed by atoms with Crippen LogP contribution in [0.3, 0.4) is 0 Å². The van der Waals surface area contributed by atoms with E-state index in [1.165, 1.54) is 19.3 Å². The van der Waals surface area contributed by atoms with Crippen molar-refractivity contribution in [3.05, 3.63) is 0 Å². The molecule has 2 unspecified atom stereocenters. The minimum absolute atomic E-state index is 0.218. The molecule has 9 nitrogen and oxygen atoms in total. The summed E-state index contributed by atoms with van der Waals surface area (Å²) in [5.41, 5.74) is 0. The standard InChI is InChI=1S/C18H33NO4S.C2H2O4/c1-2-3-15-24(21,22)17-10-6-5-9-16(17)23-18(20)11-14-19-12-7-4-8-13-19;3-1(4)2(5)6/h16-17H,2-15H2,1H3;(H,3,4)(H,5,6). The molecule has 2 rings (SSSR count). The highest BCUT2D eigenvalue weighted by molar-refractivity contribution is 7.92. The number of rotatable bonds is 8. The lowest BCUT2D eigenvalue weighted by atomic mass is 9.97. The molecule has 174 valence electrons. The van der Waals surface area contributed by atoms with Crippen LogP contribution in [-0.4, -0.2) is 78.2 Å². The van der Waals surface area contributed by atoms with Crippen molar-refractivity contribution in [2.75, 3.05) is 25.4 Å². The first-order chi connectivity index (χ1) is 14.2. The fourth-order valence-corrected chi connectivity index (χ4v) is 5.94. The van der Waals surface area contributed by atoms with E-state index in [9.17, 15) is 13.2 Å². The second-order valence-electron chi connectivity index (χ2n) is 7.83. The number of nitrogens with zero attached hydrogens (tertiary/aromatic N) is 1. The summed E-state index contributed by atoms with van der Waals surface area (Å²) >= 11 is 0. The highest BCUT2D eigenvalue weighted by atomic mass is 32.2. The predicted molar refractivity (Wildman–Crippen MR) is 111 cm³/mol. The van der Waals surface area contributed by atoms with Crippen LogP contribution in [0.5, 0.6) is 0 Å². The van der Waals surface area contributed by atoms with E-state index in [0.29, 0.717) is 25.7 Å². The smallest absolute Gasteiger partial charge is 0.414 e. The highest BCUT2D eigenvalue weighted by Gasteiger charge is 2.37. The van der Waals surface area contributed by atoms with Gasteiger partial charge in [0.15, 0.2) is 9.84 Å². The van der Waals surface area contributed by atoms with E-state index in [1.807, 2.05) is 6.92 Å². The van der Waals surface area contributed by atoms with Crippen LogP contribution < -0.4 is 0 Å². The Kier molecular flexibility index (Phi) is 11.9. The zero-order valence-corrected chi connectivity index (χ0v) is 18.6. The van der Waals surface area contributed by atoms with Crippen LogP contribution in [0.25, 0.3) is 0 Å². The third-order valence-electron chi connectivity index (χ3n) is 5.43. The quantitative estimate of drug-likeness (QED) is 0.421. The molecule has 2 aliphatic rings. The summed E-state index contributed by atoms with van der Waals surface area (Å²) < 4.78 is 30.7. The molecule has 0 bridgehead atoms. The maximum Gasteiger partial charge on any atom is 0.414 e. The third kappa shape index (κ3) is 9.88. The topological polar surface area (TPSA) is 138 Å². The van der Waals surface area contributed by atoms with Crippen molar-refractivity contribution in [2.24, 2.45) is 0 Å². The van der Waals surface area contributed by atoms with Gasteiger partial charge in [0, 0.05) is 6.54 Å². The van der Waals surface area contributed by atoms with Crippen molar-refractivity contribution in [1.82, 2.24) is 4.90 Å². The lowest BCUT2D eigenvalue weighted by molar-refractivity contribution is -0.159. The maximum atomic E-state index is 12.5. The number of sulfone groups is 1. The van der Waals surface area contributed by atoms with Crippen LogP contribution in [0.15, 0.2) is 0 Å². The van der Waals surface area contributed by atoms with Crippen LogP contribution in [0.2, 0.25) is 0 Å². The number of carboxylic acid groups (broad SMARTS) is 2. The number of esters is 1. The fourth-order valence-electron chi connectivity index (χ4n) is 3.77. The molecule has 0 radical (unpaired) electrons. The molecule has 0 aromatic heterocycles. The van der Waals surface area contributed by atoms with Gasteiger partial charge >= 0.3 is 17.9 Å². The van der Waals surface area contributed by atoms with E-state index >= 15 is 0 Å². The van der Waals surface area contributed by atoms with Crippen LogP contribution >= 0.6 is 0 Å². The highest BCUT2D eigenvalue weighted by Crippen LogP contribution is 2.28. The zero-order chi connectivity index (χ0) is 22.6. The van der Waals surface area contributed by atoms with Gasteiger partial charge in [0.05, 0.1) is 17.4 Å². The molecule has 0 aromatic carbocycles. The summed E-state index contributed by atoms with van der Waals surface area (Å²) in [4.78, 5) is 32.7. The SMILES string of the molecule is CCCCS(=O)(=O)C1CCCCC1OC(=O)CCN1CCCCC1.O=C(O)C(=O)O. The Morgan fingerprint density at radius 2 is 1.57 bits per heavy atom. The van der Waals surface area contributed by atoms with Gasteiger partial charge in [-0.3, -0.25) is 4.79 Å². The summed E-state index contributed by atoms with van der Waals surface area (Å²) in [5.74, 6) is -3.66. The number of carboxylic acids is 2. The van der Waals surface area contributed by atoms with E-state index in [-0.39, 0.29) is 11.7 Å². The van der Waals surface area contributed by atoms with Crippen molar-refractivity contribution in [2.45, 2.75) is 82.5 Å². The first-order valence-electron chi connectivity index (χ1n) is 10.8. The van der Waals surface area contributed by atoms with Gasteiger partial charge in [-0.1, -0.05) is 26.2 Å². The normalized spacial score (nSPS) is 22.4. The van der Waals surface area contributed by atoms with Crippen molar-refractivity contribution >= 4 is 27.7 Å². The molecule has 30 heavy (non-hydrogen) atoms. The first kappa shape index (κ1) is 26.4. The molecule has 2 fully saturated rings. The third-order valence-corrected chi connectivity index (χ3v) is 7.75. The van der Waals surface area contributed by atoms with Gasteiger partial charge in [-0.2, -0.15) is 0 Å². The number of hydrogen-bond donors (Lipinski definition) is 2. The number of aliphatic carboxylic acids is 2. The molecule has 0 spiro atoms. The molecule has 1 heterocycles. The zero-order valence-electron chi connectivity index (χ0n) is 17.8. The fraction of sp³-hybridized carbons (Fsp3) is 0.850. The molecule has 0 amide bonds. The van der Waals surface area contributed by atoms with Gasteiger partial charge in [-0.15, -0.1) is 0 Å². The van der Waals surface area contributed by atoms with Gasteiger partial charge in [-0.05, 0) is 51.6 Å². The van der Waals surface area contributed by atoms with Gasteiger partial charge in [0.1, 0.15) is 6.10 Å². The number of carbonyl (C=O) groups excluding carboxylic acids is 1. The summed E-state index contributed by atoms with van der Waals surface area (Å²) in [6.07, 6.45) is 8.36. The number of piperidine rings is 1. The lowest BCUT2D eigenvalue weighted by Gasteiger charge is -2.31. The van der Waals surface area contributed by atoms with E-state index < -0.39 is 33.1 Å². The molecule has 1 saturated carbocycles. The molecular formula is C20H35NO8S. The van der Waals surface area contributed by atoms with Gasteiger partial charge in [0.25, 0.3) is 0 Å². The van der Waals surface area contributed by atoms with Crippen LogP contribution in [0, 0.1) is 0 Å². The van der Waals surface area contributed by atoms with Crippen molar-refractivity contribution in [3.8, 4) is 0 Å². The van der Waals surface area contributed by atoms with Crippen LogP contribution in [-0.2, 0) is 29.0 Å². The summed E-state index contributed by atoms with van der Waals surface area (Å²) in [5, 5.41) is 14.3. The van der Waals surface area contributed by atoms with Gasteiger partial charge < -0.3 is 19.8 Å². The Hall–Kier alpha value is -1.68. The number of hydrogen-bond acceptors (Lipinski definition) is 7. The second-order valence-corrected chi connectivity index (χ2v) is 10.2. The molecule has 1 aliphatic carbocycles. The Labute approximate surface area is 178 Å². The molecular weight excluding hydrogens is 414 g/mol. The molecule has 0 aromatic rings. The van der Waals surface area contributed by atoms with Gasteiger partial charge in [-0.25, -0.2) is 18.0 Å². The molecule has 1 aliphatic heterocycles. The van der Waals surface area contributed by atoms with Crippen molar-refractivity contribution in [1.29, 1.82) is 0 Å². The van der Waals surface area contributed by atoms with Crippen molar-refractivity contribution in [3.63, 3.8) is 0 Å². The molecule has 2 N–H and O–H groups in total.